The Kier molecular flexibility index (Phi) is 3.41. The summed E-state index contributed by atoms with van der Waals surface area (Å²) >= 11 is 0. The zero-order valence-corrected chi connectivity index (χ0v) is 11.7. The van der Waals surface area contributed by atoms with Gasteiger partial charge in [-0.2, -0.15) is 5.10 Å². The molecule has 0 atom stereocenters. The van der Waals surface area contributed by atoms with Crippen molar-refractivity contribution in [3.63, 3.8) is 0 Å². The number of hydrogen-bond donors (Lipinski definition) is 1. The van der Waals surface area contributed by atoms with Gasteiger partial charge in [-0.1, -0.05) is 0 Å². The van der Waals surface area contributed by atoms with Gasteiger partial charge in [-0.25, -0.2) is 0 Å². The van der Waals surface area contributed by atoms with Crippen molar-refractivity contribution < 1.29 is 4.79 Å². The number of nitrogens with one attached hydrogen (secondary N) is 1. The number of aromatic nitrogens is 2. The molecule has 5 heteroatoms. The zero-order chi connectivity index (χ0) is 11.2. The summed E-state index contributed by atoms with van der Waals surface area (Å²) in [6, 6.07) is 0. The second kappa shape index (κ2) is 4.53. The lowest BCUT2D eigenvalue weighted by Gasteiger charge is -2.39. The van der Waals surface area contributed by atoms with Gasteiger partial charge in [0.05, 0.1) is 0 Å². The van der Waals surface area contributed by atoms with Crippen LogP contribution in [0, 0.1) is 5.41 Å². The van der Waals surface area contributed by atoms with Gasteiger partial charge >= 0.3 is 0 Å². The maximum Gasteiger partial charge on any atom is 0.183 e. The molecule has 2 aliphatic rings. The molecule has 0 radical (unpaired) electrons. The topological polar surface area (TPSA) is 46.9 Å². The summed E-state index contributed by atoms with van der Waals surface area (Å²) in [6.07, 6.45) is 5.97. The standard InChI is InChI=1S/C12H17N3O.BrH/c1-15-8-9-6-12(2-4-13-5-3-12)7-10(16)11(9)14-15;/h8,13H,2-7H2,1H3;1H. The third kappa shape index (κ3) is 2.18. The normalized spacial score (nSPS) is 22.1. The van der Waals surface area contributed by atoms with Crippen molar-refractivity contribution in [2.75, 3.05) is 13.1 Å². The molecule has 1 aliphatic carbocycles. The van der Waals surface area contributed by atoms with Crippen molar-refractivity contribution in [1.82, 2.24) is 15.1 Å². The molecule has 0 bridgehead atoms. The summed E-state index contributed by atoms with van der Waals surface area (Å²) in [5, 5.41) is 7.63. The van der Waals surface area contributed by atoms with E-state index in [9.17, 15) is 4.79 Å². The highest BCUT2D eigenvalue weighted by Crippen LogP contribution is 2.41. The van der Waals surface area contributed by atoms with E-state index in [4.69, 9.17) is 0 Å². The fourth-order valence-corrected chi connectivity index (χ4v) is 3.10. The number of nitrogens with zero attached hydrogens (tertiary/aromatic N) is 2. The number of halogens is 1. The minimum Gasteiger partial charge on any atom is -0.317 e. The van der Waals surface area contributed by atoms with Crippen LogP contribution in [0.4, 0.5) is 0 Å². The molecule has 0 unspecified atom stereocenters. The summed E-state index contributed by atoms with van der Waals surface area (Å²) in [5.41, 5.74) is 2.09. The molecule has 0 aromatic carbocycles. The van der Waals surface area contributed by atoms with Crippen LogP contribution in [-0.2, 0) is 13.5 Å². The lowest BCUT2D eigenvalue weighted by Crippen LogP contribution is -2.41. The first-order valence-electron chi connectivity index (χ1n) is 5.95. The third-order valence-corrected chi connectivity index (χ3v) is 3.93. The van der Waals surface area contributed by atoms with E-state index in [0.717, 1.165) is 37.9 Å². The highest BCUT2D eigenvalue weighted by Gasteiger charge is 2.40. The number of rotatable bonds is 0. The number of ketones is 1. The number of carbonyl (C=O) groups excluding carboxylic acids is 1. The van der Waals surface area contributed by atoms with Gasteiger partial charge in [-0.05, 0) is 37.8 Å². The Morgan fingerprint density at radius 2 is 2.06 bits per heavy atom. The van der Waals surface area contributed by atoms with Crippen LogP contribution in [0.15, 0.2) is 6.20 Å². The smallest absolute Gasteiger partial charge is 0.183 e. The number of piperidine rings is 1. The van der Waals surface area contributed by atoms with Gasteiger partial charge in [-0.15, -0.1) is 17.0 Å². The molecule has 1 fully saturated rings. The van der Waals surface area contributed by atoms with Gasteiger partial charge in [0.2, 0.25) is 0 Å². The van der Waals surface area contributed by atoms with Crippen LogP contribution < -0.4 is 5.32 Å². The van der Waals surface area contributed by atoms with Gasteiger partial charge in [0.1, 0.15) is 5.69 Å². The number of Topliss-reactive ketones (excluding diaryl/α,β-unsaturated/α-hetero) is 1. The van der Waals surface area contributed by atoms with Crippen LogP contribution in [0.5, 0.6) is 0 Å². The van der Waals surface area contributed by atoms with Crippen LogP contribution in [-0.4, -0.2) is 28.7 Å². The summed E-state index contributed by atoms with van der Waals surface area (Å²) in [4.78, 5) is 12.1. The van der Waals surface area contributed by atoms with Crippen LogP contribution in [0.2, 0.25) is 0 Å². The molecule has 1 saturated heterocycles. The molecule has 0 saturated carbocycles. The summed E-state index contributed by atoms with van der Waals surface area (Å²) in [7, 11) is 1.89. The number of hydrogen-bond acceptors (Lipinski definition) is 3. The van der Waals surface area contributed by atoms with E-state index in [1.165, 1.54) is 0 Å². The summed E-state index contributed by atoms with van der Waals surface area (Å²) in [5.74, 6) is 0.240. The van der Waals surface area contributed by atoms with Crippen LogP contribution in [0.1, 0.15) is 35.3 Å². The largest absolute Gasteiger partial charge is 0.317 e. The first kappa shape index (κ1) is 12.8. The third-order valence-electron chi connectivity index (χ3n) is 3.93. The molecule has 0 amide bonds. The van der Waals surface area contributed by atoms with Gasteiger partial charge in [0, 0.05) is 25.2 Å². The van der Waals surface area contributed by atoms with Crippen LogP contribution in [0.25, 0.3) is 0 Å². The first-order valence-corrected chi connectivity index (χ1v) is 5.95. The Morgan fingerprint density at radius 1 is 1.35 bits per heavy atom. The van der Waals surface area contributed by atoms with Crippen molar-refractivity contribution >= 4 is 22.8 Å². The second-order valence-electron chi connectivity index (χ2n) is 5.20. The van der Waals surface area contributed by atoms with E-state index in [1.807, 2.05) is 13.2 Å². The summed E-state index contributed by atoms with van der Waals surface area (Å²) in [6.45, 7) is 2.09. The van der Waals surface area contributed by atoms with Gasteiger partial charge < -0.3 is 5.32 Å². The minimum absolute atomic E-state index is 0. The molecular weight excluding hydrogens is 282 g/mol. The fourth-order valence-electron chi connectivity index (χ4n) is 3.10. The molecule has 17 heavy (non-hydrogen) atoms. The molecule has 4 nitrogen and oxygen atoms in total. The minimum atomic E-state index is 0. The highest BCUT2D eigenvalue weighted by molar-refractivity contribution is 8.93. The van der Waals surface area contributed by atoms with Crippen molar-refractivity contribution in [3.05, 3.63) is 17.5 Å². The lowest BCUT2D eigenvalue weighted by atomic mass is 9.67. The molecule has 1 aliphatic heterocycles. The fraction of sp³-hybridized carbons (Fsp3) is 0.667. The Balaban J connectivity index is 0.00000108. The molecule has 3 rings (SSSR count). The summed E-state index contributed by atoms with van der Waals surface area (Å²) < 4.78 is 1.77. The van der Waals surface area contributed by atoms with E-state index in [1.54, 1.807) is 4.68 Å². The zero-order valence-electron chi connectivity index (χ0n) is 10.0. The Bertz CT molecular complexity index is 435. The maximum absolute atomic E-state index is 12.1. The highest BCUT2D eigenvalue weighted by atomic mass is 79.9. The average Bonchev–Trinajstić information content (AvgIpc) is 2.60. The van der Waals surface area contributed by atoms with Gasteiger partial charge in [-0.3, -0.25) is 9.48 Å². The van der Waals surface area contributed by atoms with Crippen molar-refractivity contribution in [1.29, 1.82) is 0 Å². The van der Waals surface area contributed by atoms with Crippen LogP contribution >= 0.6 is 17.0 Å². The van der Waals surface area contributed by atoms with Crippen molar-refractivity contribution in [2.24, 2.45) is 12.5 Å². The number of carbonyl (C=O) groups is 1. The SMILES string of the molecule is Br.Cn1cc2c(n1)C(=O)CC1(CCNCC1)C2. The van der Waals surface area contributed by atoms with E-state index in [-0.39, 0.29) is 28.2 Å². The van der Waals surface area contributed by atoms with Crippen LogP contribution in [0.3, 0.4) is 0 Å². The Morgan fingerprint density at radius 3 is 2.76 bits per heavy atom. The van der Waals surface area contributed by atoms with E-state index in [0.29, 0.717) is 12.1 Å². The van der Waals surface area contributed by atoms with Crippen molar-refractivity contribution in [2.45, 2.75) is 25.7 Å². The molecule has 2 heterocycles. The molecule has 94 valence electrons. The van der Waals surface area contributed by atoms with E-state index >= 15 is 0 Å². The molecular formula is C12H18BrN3O. The Labute approximate surface area is 112 Å². The van der Waals surface area contributed by atoms with Gasteiger partial charge in [0.25, 0.3) is 0 Å². The Hall–Kier alpha value is -0.680. The number of fused-ring (bicyclic) bond motifs is 1. The lowest BCUT2D eigenvalue weighted by molar-refractivity contribution is 0.0830. The average molecular weight is 300 g/mol. The first-order chi connectivity index (χ1) is 7.69. The predicted octanol–water partition coefficient (Wildman–Crippen LogP) is 1.50. The molecule has 1 N–H and O–H groups in total. The molecule has 1 aromatic rings. The molecule has 1 aromatic heterocycles. The van der Waals surface area contributed by atoms with E-state index in [2.05, 4.69) is 10.4 Å². The number of aryl methyl sites for hydroxylation is 1. The van der Waals surface area contributed by atoms with Gasteiger partial charge in [0.15, 0.2) is 5.78 Å². The predicted molar refractivity (Wildman–Crippen MR) is 70.7 cm³/mol. The molecule has 1 spiro atoms. The maximum atomic E-state index is 12.1. The van der Waals surface area contributed by atoms with E-state index < -0.39 is 0 Å². The monoisotopic (exact) mass is 299 g/mol. The second-order valence-corrected chi connectivity index (χ2v) is 5.20. The van der Waals surface area contributed by atoms with Crippen molar-refractivity contribution in [3.8, 4) is 0 Å². The quantitative estimate of drug-likeness (QED) is 0.790.